The maximum absolute atomic E-state index is 12.7. The molecule has 0 radical (unpaired) electrons. The summed E-state index contributed by atoms with van der Waals surface area (Å²) in [4.78, 5) is 14.1. The van der Waals surface area contributed by atoms with E-state index in [4.69, 9.17) is 4.74 Å². The van der Waals surface area contributed by atoms with Crippen LogP contribution in [0.3, 0.4) is 0 Å². The van der Waals surface area contributed by atoms with Crippen molar-refractivity contribution >= 4 is 28.7 Å². The van der Waals surface area contributed by atoms with E-state index in [-0.39, 0.29) is 6.04 Å². The number of piperidine rings is 1. The highest BCUT2D eigenvalue weighted by Crippen LogP contribution is 2.37. The zero-order valence-electron chi connectivity index (χ0n) is 13.9. The van der Waals surface area contributed by atoms with Crippen LogP contribution in [0.15, 0.2) is 24.3 Å². The lowest BCUT2D eigenvalue weighted by Crippen LogP contribution is -2.44. The van der Waals surface area contributed by atoms with Crippen molar-refractivity contribution in [3.05, 3.63) is 35.4 Å². The number of alkyl halides is 4. The largest absolute Gasteiger partial charge is 0.444 e. The normalized spacial score (nSPS) is 22.4. The van der Waals surface area contributed by atoms with E-state index in [2.05, 4.69) is 22.6 Å². The van der Waals surface area contributed by atoms with Gasteiger partial charge in [-0.3, -0.25) is 0 Å². The van der Waals surface area contributed by atoms with E-state index in [1.807, 2.05) is 0 Å². The topological polar surface area (TPSA) is 29.5 Å². The highest BCUT2D eigenvalue weighted by molar-refractivity contribution is 14.1. The zero-order valence-corrected chi connectivity index (χ0v) is 16.0. The number of rotatable bonds is 1. The van der Waals surface area contributed by atoms with Gasteiger partial charge in [0.25, 0.3) is 0 Å². The van der Waals surface area contributed by atoms with Gasteiger partial charge in [-0.2, -0.15) is 13.2 Å². The lowest BCUT2D eigenvalue weighted by molar-refractivity contribution is -0.137. The van der Waals surface area contributed by atoms with Crippen LogP contribution in [0.25, 0.3) is 0 Å². The molecular weight excluding hydrogens is 434 g/mol. The summed E-state index contributed by atoms with van der Waals surface area (Å²) in [6.07, 6.45) is -3.24. The number of hydrogen-bond donors (Lipinski definition) is 0. The molecule has 1 aromatic rings. The Morgan fingerprint density at radius 2 is 1.79 bits per heavy atom. The second kappa shape index (κ2) is 7.09. The SMILES string of the molecule is CC(C)(C)OC(=O)N1CCC(I)CC1c1ccc(C(F)(F)F)cc1. The first-order chi connectivity index (χ1) is 11.0. The van der Waals surface area contributed by atoms with E-state index in [9.17, 15) is 18.0 Å². The standard InChI is InChI=1S/C17H21F3INO2/c1-16(2,3)24-15(23)22-9-8-13(21)10-14(22)11-4-6-12(7-5-11)17(18,19)20/h4-7,13-14H,8-10H2,1-3H3. The monoisotopic (exact) mass is 455 g/mol. The number of likely N-dealkylation sites (tertiary alicyclic amines) is 1. The number of amides is 1. The first-order valence-electron chi connectivity index (χ1n) is 7.78. The fraction of sp³-hybridized carbons (Fsp3) is 0.588. The van der Waals surface area contributed by atoms with E-state index < -0.39 is 23.4 Å². The summed E-state index contributed by atoms with van der Waals surface area (Å²) in [7, 11) is 0. The van der Waals surface area contributed by atoms with Crippen LogP contribution >= 0.6 is 22.6 Å². The van der Waals surface area contributed by atoms with Gasteiger partial charge in [-0.25, -0.2) is 4.79 Å². The van der Waals surface area contributed by atoms with Crippen molar-refractivity contribution in [1.29, 1.82) is 0 Å². The molecule has 1 aliphatic rings. The summed E-state index contributed by atoms with van der Waals surface area (Å²) in [6.45, 7) is 5.92. The molecule has 3 nitrogen and oxygen atoms in total. The Balaban J connectivity index is 2.24. The molecule has 7 heteroatoms. The molecule has 1 fully saturated rings. The number of nitrogens with zero attached hydrogens (tertiary/aromatic N) is 1. The summed E-state index contributed by atoms with van der Waals surface area (Å²) in [5.41, 5.74) is -0.588. The third kappa shape index (κ3) is 5.00. The lowest BCUT2D eigenvalue weighted by Gasteiger charge is -2.39. The molecule has 0 spiro atoms. The van der Waals surface area contributed by atoms with Crippen molar-refractivity contribution in [1.82, 2.24) is 4.90 Å². The molecule has 0 aliphatic carbocycles. The second-order valence-electron chi connectivity index (χ2n) is 6.93. The molecule has 0 bridgehead atoms. The molecule has 2 atom stereocenters. The smallest absolute Gasteiger partial charge is 0.416 e. The average molecular weight is 455 g/mol. The molecule has 1 aromatic carbocycles. The number of halogens is 4. The third-order valence-corrected chi connectivity index (χ3v) is 4.92. The number of hydrogen-bond acceptors (Lipinski definition) is 2. The molecule has 1 aliphatic heterocycles. The predicted octanol–water partition coefficient (Wildman–Crippen LogP) is 5.58. The molecule has 134 valence electrons. The number of carbonyl (C=O) groups is 1. The van der Waals surface area contributed by atoms with Gasteiger partial charge in [-0.1, -0.05) is 34.7 Å². The highest BCUT2D eigenvalue weighted by atomic mass is 127. The zero-order chi connectivity index (χ0) is 18.1. The van der Waals surface area contributed by atoms with Gasteiger partial charge < -0.3 is 9.64 Å². The van der Waals surface area contributed by atoms with Crippen LogP contribution in [0, 0.1) is 0 Å². The Bertz CT molecular complexity index is 581. The molecule has 0 aromatic heterocycles. The minimum atomic E-state index is -4.36. The first kappa shape index (κ1) is 19.3. The second-order valence-corrected chi connectivity index (χ2v) is 8.69. The average Bonchev–Trinajstić information content (AvgIpc) is 2.44. The van der Waals surface area contributed by atoms with E-state index in [1.54, 1.807) is 25.7 Å². The Morgan fingerprint density at radius 3 is 2.29 bits per heavy atom. The third-order valence-electron chi connectivity index (χ3n) is 3.79. The highest BCUT2D eigenvalue weighted by Gasteiger charge is 2.35. The first-order valence-corrected chi connectivity index (χ1v) is 9.03. The van der Waals surface area contributed by atoms with Crippen molar-refractivity contribution in [2.75, 3.05) is 6.54 Å². The van der Waals surface area contributed by atoms with Crippen molar-refractivity contribution in [3.63, 3.8) is 0 Å². The van der Waals surface area contributed by atoms with Crippen LogP contribution in [0.2, 0.25) is 0 Å². The molecule has 1 amide bonds. The quantitative estimate of drug-likeness (QED) is 0.409. The molecule has 24 heavy (non-hydrogen) atoms. The number of ether oxygens (including phenoxy) is 1. The molecule has 0 N–H and O–H groups in total. The van der Waals surface area contributed by atoms with Gasteiger partial charge in [0.2, 0.25) is 0 Å². The van der Waals surface area contributed by atoms with Gasteiger partial charge in [0.05, 0.1) is 11.6 Å². The van der Waals surface area contributed by atoms with E-state index in [0.29, 0.717) is 22.5 Å². The van der Waals surface area contributed by atoms with Gasteiger partial charge >= 0.3 is 12.3 Å². The molecular formula is C17H21F3INO2. The Kier molecular flexibility index (Phi) is 5.71. The predicted molar refractivity (Wildman–Crippen MR) is 94.2 cm³/mol. The molecule has 2 unspecified atom stereocenters. The van der Waals surface area contributed by atoms with Gasteiger partial charge in [-0.15, -0.1) is 0 Å². The maximum atomic E-state index is 12.7. The van der Waals surface area contributed by atoms with Crippen LogP contribution in [-0.4, -0.2) is 27.1 Å². The molecule has 1 heterocycles. The minimum Gasteiger partial charge on any atom is -0.444 e. The summed E-state index contributed by atoms with van der Waals surface area (Å²) in [5.74, 6) is 0. The summed E-state index contributed by atoms with van der Waals surface area (Å²) >= 11 is 2.32. The van der Waals surface area contributed by atoms with Crippen LogP contribution in [-0.2, 0) is 10.9 Å². The maximum Gasteiger partial charge on any atom is 0.416 e. The summed E-state index contributed by atoms with van der Waals surface area (Å²) in [5, 5.41) is 0. The number of carbonyl (C=O) groups excluding carboxylic acids is 1. The van der Waals surface area contributed by atoms with Crippen molar-refractivity contribution in [3.8, 4) is 0 Å². The fourth-order valence-corrected chi connectivity index (χ4v) is 3.43. The molecule has 0 saturated carbocycles. The van der Waals surface area contributed by atoms with Gasteiger partial charge in [0.15, 0.2) is 0 Å². The van der Waals surface area contributed by atoms with Gasteiger partial charge in [0, 0.05) is 10.5 Å². The van der Waals surface area contributed by atoms with Crippen molar-refractivity contribution in [2.45, 2.75) is 55.4 Å². The lowest BCUT2D eigenvalue weighted by atomic mass is 9.95. The van der Waals surface area contributed by atoms with Crippen molar-refractivity contribution in [2.24, 2.45) is 0 Å². The van der Waals surface area contributed by atoms with Crippen LogP contribution in [0.4, 0.5) is 18.0 Å². The Labute approximate surface area is 153 Å². The number of benzene rings is 1. The van der Waals surface area contributed by atoms with E-state index in [1.165, 1.54) is 12.1 Å². The van der Waals surface area contributed by atoms with Crippen LogP contribution < -0.4 is 0 Å². The van der Waals surface area contributed by atoms with E-state index in [0.717, 1.165) is 18.6 Å². The Hall–Kier alpha value is -0.990. The molecule has 2 rings (SSSR count). The summed E-state index contributed by atoms with van der Waals surface area (Å²) < 4.78 is 44.0. The van der Waals surface area contributed by atoms with Crippen LogP contribution in [0.5, 0.6) is 0 Å². The molecule has 1 saturated heterocycles. The summed E-state index contributed by atoms with van der Waals surface area (Å²) in [6, 6.07) is 4.79. The van der Waals surface area contributed by atoms with Crippen molar-refractivity contribution < 1.29 is 22.7 Å². The van der Waals surface area contributed by atoms with Crippen LogP contribution in [0.1, 0.15) is 50.8 Å². The fourth-order valence-electron chi connectivity index (χ4n) is 2.67. The Morgan fingerprint density at radius 1 is 1.21 bits per heavy atom. The van der Waals surface area contributed by atoms with Gasteiger partial charge in [0.1, 0.15) is 5.60 Å². The van der Waals surface area contributed by atoms with Gasteiger partial charge in [-0.05, 0) is 51.3 Å². The van der Waals surface area contributed by atoms with E-state index >= 15 is 0 Å². The minimum absolute atomic E-state index is 0.266.